The number of aromatic amines is 2. The van der Waals surface area contributed by atoms with E-state index < -0.39 is 6.09 Å². The first kappa shape index (κ1) is 19.7. The normalized spacial score (nSPS) is 12.7. The van der Waals surface area contributed by atoms with E-state index in [9.17, 15) is 14.0 Å². The molecule has 0 saturated heterocycles. The molecule has 0 aliphatic heterocycles. The van der Waals surface area contributed by atoms with Gasteiger partial charge in [-0.15, -0.1) is 0 Å². The summed E-state index contributed by atoms with van der Waals surface area (Å²) in [6.45, 7) is 0. The van der Waals surface area contributed by atoms with Crippen LogP contribution in [-0.2, 0) is 6.42 Å². The summed E-state index contributed by atoms with van der Waals surface area (Å²) >= 11 is 0. The van der Waals surface area contributed by atoms with Gasteiger partial charge in [-0.2, -0.15) is 5.10 Å². The number of benzene rings is 2. The molecule has 0 radical (unpaired) electrons. The average molecular weight is 431 g/mol. The number of hydrogen-bond acceptors (Lipinski definition) is 4. The highest BCUT2D eigenvalue weighted by atomic mass is 19.1. The van der Waals surface area contributed by atoms with Crippen molar-refractivity contribution >= 4 is 35.2 Å². The lowest BCUT2D eigenvalue weighted by atomic mass is 9.98. The number of hydrogen-bond donors (Lipinski definition) is 4. The number of rotatable bonds is 4. The summed E-state index contributed by atoms with van der Waals surface area (Å²) in [5.41, 5.74) is 3.55. The third kappa shape index (κ3) is 3.64. The number of nitrogens with one attached hydrogen (secondary N) is 3. The van der Waals surface area contributed by atoms with Gasteiger partial charge in [0.15, 0.2) is 0 Å². The SMILES string of the molecule is O=C(O)Nc1nc2ccc(-c3cc(Cc4n[nH]c(=O)c5c4=CCCC=5)ccc3F)cc2[nH]1. The fourth-order valence-electron chi connectivity index (χ4n) is 3.97. The second-order valence-corrected chi connectivity index (χ2v) is 7.55. The molecule has 1 aliphatic carbocycles. The minimum Gasteiger partial charge on any atom is -0.465 e. The molecule has 160 valence electrons. The molecule has 9 heteroatoms. The number of nitrogens with zero attached hydrogens (tertiary/aromatic N) is 2. The number of anilines is 1. The lowest BCUT2D eigenvalue weighted by molar-refractivity contribution is 0.209. The number of halogens is 1. The fourth-order valence-corrected chi connectivity index (χ4v) is 3.97. The molecule has 0 bridgehead atoms. The van der Waals surface area contributed by atoms with Gasteiger partial charge < -0.3 is 10.1 Å². The maximum atomic E-state index is 14.7. The monoisotopic (exact) mass is 431 g/mol. The van der Waals surface area contributed by atoms with E-state index in [1.54, 1.807) is 30.3 Å². The molecule has 32 heavy (non-hydrogen) atoms. The highest BCUT2D eigenvalue weighted by molar-refractivity contribution is 5.87. The molecule has 4 aromatic rings. The second-order valence-electron chi connectivity index (χ2n) is 7.55. The van der Waals surface area contributed by atoms with Crippen LogP contribution in [0.1, 0.15) is 24.1 Å². The molecule has 1 amide bonds. The van der Waals surface area contributed by atoms with Gasteiger partial charge in [0.2, 0.25) is 5.95 Å². The fraction of sp³-hybridized carbons (Fsp3) is 0.130. The van der Waals surface area contributed by atoms with Crippen molar-refractivity contribution in [2.24, 2.45) is 0 Å². The Hall–Kier alpha value is -4.27. The zero-order valence-corrected chi connectivity index (χ0v) is 16.8. The van der Waals surface area contributed by atoms with Crippen LogP contribution >= 0.6 is 0 Å². The van der Waals surface area contributed by atoms with E-state index in [1.807, 2.05) is 12.2 Å². The average Bonchev–Trinajstić information content (AvgIpc) is 3.18. The Kier molecular flexibility index (Phi) is 4.78. The number of amides is 1. The van der Waals surface area contributed by atoms with Crippen molar-refractivity contribution in [3.8, 4) is 11.1 Å². The molecule has 0 atom stereocenters. The van der Waals surface area contributed by atoms with E-state index in [-0.39, 0.29) is 17.3 Å². The van der Waals surface area contributed by atoms with Crippen molar-refractivity contribution in [3.05, 3.63) is 74.3 Å². The molecule has 0 spiro atoms. The number of aromatic nitrogens is 4. The van der Waals surface area contributed by atoms with Gasteiger partial charge in [-0.1, -0.05) is 24.3 Å². The summed E-state index contributed by atoms with van der Waals surface area (Å²) in [6, 6.07) is 10.0. The van der Waals surface area contributed by atoms with Gasteiger partial charge in [-0.3, -0.25) is 10.1 Å². The van der Waals surface area contributed by atoms with Crippen LogP contribution in [0.25, 0.3) is 34.3 Å². The molecule has 2 aromatic carbocycles. The topological polar surface area (TPSA) is 124 Å². The van der Waals surface area contributed by atoms with Crippen LogP contribution in [0, 0.1) is 5.82 Å². The first-order valence-corrected chi connectivity index (χ1v) is 10.0. The van der Waals surface area contributed by atoms with Gasteiger partial charge in [0.25, 0.3) is 5.56 Å². The zero-order valence-electron chi connectivity index (χ0n) is 16.8. The Labute approximate surface area is 180 Å². The van der Waals surface area contributed by atoms with Crippen LogP contribution in [0.4, 0.5) is 15.1 Å². The standard InChI is InChI=1S/C23H18FN5O3/c24-17-7-5-12(10-19-14-3-1-2-4-15(14)21(30)29-28-19)9-16(17)13-6-8-18-20(11-13)26-22(25-18)27-23(31)32/h3-9,11H,1-2,10H2,(H,29,30)(H,31,32)(H2,25,26,27). The van der Waals surface area contributed by atoms with Crippen molar-refractivity contribution in [3.63, 3.8) is 0 Å². The van der Waals surface area contributed by atoms with E-state index in [2.05, 4.69) is 25.5 Å². The van der Waals surface area contributed by atoms with Crippen LogP contribution in [0.3, 0.4) is 0 Å². The largest absolute Gasteiger partial charge is 0.465 e. The van der Waals surface area contributed by atoms with Crippen LogP contribution in [0.15, 0.2) is 41.2 Å². The Bertz CT molecular complexity index is 1550. The lowest BCUT2D eigenvalue weighted by Gasteiger charge is -2.09. The molecule has 4 N–H and O–H groups in total. The first-order chi connectivity index (χ1) is 15.5. The molecule has 2 aromatic heterocycles. The Balaban J connectivity index is 1.53. The van der Waals surface area contributed by atoms with E-state index in [1.165, 1.54) is 6.07 Å². The van der Waals surface area contributed by atoms with Crippen molar-refractivity contribution in [2.75, 3.05) is 5.32 Å². The van der Waals surface area contributed by atoms with Gasteiger partial charge >= 0.3 is 6.09 Å². The zero-order chi connectivity index (χ0) is 22.2. The van der Waals surface area contributed by atoms with Gasteiger partial charge in [-0.25, -0.2) is 19.3 Å². The predicted molar refractivity (Wildman–Crippen MR) is 118 cm³/mol. The summed E-state index contributed by atoms with van der Waals surface area (Å²) < 4.78 is 14.7. The predicted octanol–water partition coefficient (Wildman–Crippen LogP) is 2.49. The maximum Gasteiger partial charge on any atom is 0.411 e. The summed E-state index contributed by atoms with van der Waals surface area (Å²) in [6.07, 6.45) is 4.82. The van der Waals surface area contributed by atoms with Crippen LogP contribution in [0.2, 0.25) is 0 Å². The summed E-state index contributed by atoms with van der Waals surface area (Å²) in [5.74, 6) is -0.284. The summed E-state index contributed by atoms with van der Waals surface area (Å²) in [4.78, 5) is 29.9. The van der Waals surface area contributed by atoms with E-state index in [4.69, 9.17) is 5.11 Å². The minimum absolute atomic E-state index is 0.0980. The number of H-pyrrole nitrogens is 2. The molecule has 5 rings (SSSR count). The van der Waals surface area contributed by atoms with E-state index in [0.29, 0.717) is 33.8 Å². The van der Waals surface area contributed by atoms with Gasteiger partial charge in [-0.05, 0) is 48.2 Å². The summed E-state index contributed by atoms with van der Waals surface area (Å²) in [5, 5.41) is 19.3. The molecule has 1 aliphatic rings. The van der Waals surface area contributed by atoms with Gasteiger partial charge in [0.05, 0.1) is 16.7 Å². The highest BCUT2D eigenvalue weighted by Crippen LogP contribution is 2.28. The molecule has 0 unspecified atom stereocenters. The maximum absolute atomic E-state index is 14.7. The quantitative estimate of drug-likeness (QED) is 0.395. The molecule has 2 heterocycles. The highest BCUT2D eigenvalue weighted by Gasteiger charge is 2.12. The van der Waals surface area contributed by atoms with Crippen molar-refractivity contribution in [2.45, 2.75) is 19.3 Å². The molecule has 0 fully saturated rings. The molecular formula is C23H18FN5O3. The minimum atomic E-state index is -1.23. The molecule has 8 nitrogen and oxygen atoms in total. The van der Waals surface area contributed by atoms with Gasteiger partial charge in [0, 0.05) is 22.4 Å². The van der Waals surface area contributed by atoms with Crippen LogP contribution in [-0.4, -0.2) is 31.4 Å². The van der Waals surface area contributed by atoms with Gasteiger partial charge in [0.1, 0.15) is 5.82 Å². The third-order valence-electron chi connectivity index (χ3n) is 5.42. The number of imidazole rings is 1. The Morgan fingerprint density at radius 2 is 1.94 bits per heavy atom. The van der Waals surface area contributed by atoms with E-state index >= 15 is 0 Å². The van der Waals surface area contributed by atoms with Crippen molar-refractivity contribution in [1.82, 2.24) is 20.2 Å². The van der Waals surface area contributed by atoms with Crippen molar-refractivity contribution < 1.29 is 14.3 Å². The second kappa shape index (κ2) is 7.77. The number of carboxylic acid groups (broad SMARTS) is 1. The Morgan fingerprint density at radius 1 is 1.12 bits per heavy atom. The van der Waals surface area contributed by atoms with Crippen LogP contribution in [0.5, 0.6) is 0 Å². The number of fused-ring (bicyclic) bond motifs is 2. The molecule has 0 saturated carbocycles. The number of carbonyl (C=O) groups is 1. The summed E-state index contributed by atoms with van der Waals surface area (Å²) in [7, 11) is 0. The first-order valence-electron chi connectivity index (χ1n) is 10.0. The third-order valence-corrected chi connectivity index (χ3v) is 5.42. The molecular weight excluding hydrogens is 413 g/mol. The van der Waals surface area contributed by atoms with Crippen LogP contribution < -0.4 is 21.3 Å². The van der Waals surface area contributed by atoms with E-state index in [0.717, 1.165) is 29.3 Å². The van der Waals surface area contributed by atoms with Crippen molar-refractivity contribution in [1.29, 1.82) is 0 Å². The Morgan fingerprint density at radius 3 is 2.75 bits per heavy atom. The lowest BCUT2D eigenvalue weighted by Crippen LogP contribution is -2.45. The smallest absolute Gasteiger partial charge is 0.411 e.